The van der Waals surface area contributed by atoms with Gasteiger partial charge in [-0.2, -0.15) is 0 Å². The van der Waals surface area contributed by atoms with Gasteiger partial charge in [-0.25, -0.2) is 4.98 Å². The number of rotatable bonds is 3. The van der Waals surface area contributed by atoms with Gasteiger partial charge in [0.05, 0.1) is 20.3 Å². The van der Waals surface area contributed by atoms with Crippen LogP contribution in [0.4, 0.5) is 5.82 Å². The van der Waals surface area contributed by atoms with Crippen molar-refractivity contribution < 1.29 is 14.3 Å². The van der Waals surface area contributed by atoms with E-state index < -0.39 is 0 Å². The van der Waals surface area contributed by atoms with Crippen molar-refractivity contribution in [2.75, 3.05) is 32.5 Å². The van der Waals surface area contributed by atoms with Gasteiger partial charge in [0.15, 0.2) is 0 Å². The van der Waals surface area contributed by atoms with E-state index in [-0.39, 0.29) is 12.0 Å². The van der Waals surface area contributed by atoms with E-state index in [4.69, 9.17) is 15.2 Å². The molecule has 138 valence electrons. The fraction of sp³-hybridized carbons (Fsp3) is 0.238. The van der Waals surface area contributed by atoms with Gasteiger partial charge in [0.2, 0.25) is 0 Å². The van der Waals surface area contributed by atoms with Crippen molar-refractivity contribution in [1.29, 1.82) is 0 Å². The highest BCUT2D eigenvalue weighted by atomic mass is 16.5. The average Bonchev–Trinajstić information content (AvgIpc) is 2.72. The van der Waals surface area contributed by atoms with Gasteiger partial charge < -0.3 is 20.1 Å². The molecule has 0 bridgehead atoms. The van der Waals surface area contributed by atoms with Gasteiger partial charge in [-0.3, -0.25) is 4.79 Å². The fourth-order valence-electron chi connectivity index (χ4n) is 3.37. The second-order valence-electron chi connectivity index (χ2n) is 6.55. The molecule has 3 aromatic rings. The van der Waals surface area contributed by atoms with Crippen LogP contribution in [0, 0.1) is 0 Å². The molecule has 6 nitrogen and oxygen atoms in total. The van der Waals surface area contributed by atoms with Gasteiger partial charge in [0.25, 0.3) is 5.91 Å². The number of carbonyl (C=O) groups excluding carboxylic acids is 1. The first-order valence-corrected chi connectivity index (χ1v) is 8.84. The molecule has 1 amide bonds. The highest BCUT2D eigenvalue weighted by molar-refractivity contribution is 5.94. The predicted octanol–water partition coefficient (Wildman–Crippen LogP) is 3.04. The Morgan fingerprint density at radius 3 is 2.81 bits per heavy atom. The van der Waals surface area contributed by atoms with Gasteiger partial charge >= 0.3 is 0 Å². The Morgan fingerprint density at radius 2 is 2.00 bits per heavy atom. The van der Waals surface area contributed by atoms with Crippen LogP contribution in [0.25, 0.3) is 10.8 Å². The van der Waals surface area contributed by atoms with E-state index in [9.17, 15) is 4.79 Å². The third-order valence-electron chi connectivity index (χ3n) is 4.82. The van der Waals surface area contributed by atoms with Crippen LogP contribution < -0.4 is 10.5 Å². The second-order valence-corrected chi connectivity index (χ2v) is 6.55. The lowest BCUT2D eigenvalue weighted by Crippen LogP contribution is -2.42. The van der Waals surface area contributed by atoms with E-state index in [0.717, 1.165) is 22.1 Å². The highest BCUT2D eigenvalue weighted by Crippen LogP contribution is 2.28. The number of carbonyl (C=O) groups is 1. The first kappa shape index (κ1) is 17.3. The van der Waals surface area contributed by atoms with Gasteiger partial charge in [0.1, 0.15) is 17.7 Å². The molecule has 0 spiro atoms. The number of fused-ring (bicyclic) bond motifs is 1. The summed E-state index contributed by atoms with van der Waals surface area (Å²) < 4.78 is 11.2. The van der Waals surface area contributed by atoms with Crippen molar-refractivity contribution in [3.63, 3.8) is 0 Å². The lowest BCUT2D eigenvalue weighted by Gasteiger charge is -2.33. The van der Waals surface area contributed by atoms with Gasteiger partial charge in [0, 0.05) is 18.3 Å². The number of nitrogen functional groups attached to an aromatic ring is 1. The Hall–Kier alpha value is -3.12. The maximum atomic E-state index is 12.8. The summed E-state index contributed by atoms with van der Waals surface area (Å²) in [6, 6.07) is 15.5. The Morgan fingerprint density at radius 1 is 1.19 bits per heavy atom. The van der Waals surface area contributed by atoms with Crippen LogP contribution in [0.3, 0.4) is 0 Å². The number of morpholine rings is 1. The van der Waals surface area contributed by atoms with Crippen molar-refractivity contribution in [2.24, 2.45) is 0 Å². The topological polar surface area (TPSA) is 77.7 Å². The number of aromatic nitrogens is 1. The minimum absolute atomic E-state index is 0.0528. The molecule has 2 N–H and O–H groups in total. The summed E-state index contributed by atoms with van der Waals surface area (Å²) in [7, 11) is 1.66. The van der Waals surface area contributed by atoms with Crippen molar-refractivity contribution >= 4 is 22.5 Å². The number of hydrogen-bond acceptors (Lipinski definition) is 5. The molecule has 0 aliphatic carbocycles. The molecular weight excluding hydrogens is 342 g/mol. The molecule has 1 fully saturated rings. The zero-order valence-electron chi connectivity index (χ0n) is 15.1. The van der Waals surface area contributed by atoms with E-state index in [2.05, 4.69) is 17.1 Å². The molecule has 1 aliphatic rings. The minimum atomic E-state index is -0.159. The average molecular weight is 363 g/mol. The molecule has 2 heterocycles. The van der Waals surface area contributed by atoms with Gasteiger partial charge in [-0.15, -0.1) is 0 Å². The summed E-state index contributed by atoms with van der Waals surface area (Å²) in [6.45, 7) is 1.56. The van der Waals surface area contributed by atoms with E-state index in [1.807, 2.05) is 24.3 Å². The predicted molar refractivity (Wildman–Crippen MR) is 104 cm³/mol. The van der Waals surface area contributed by atoms with Crippen molar-refractivity contribution in [2.45, 2.75) is 6.10 Å². The molecule has 0 radical (unpaired) electrons. The molecular formula is C21H21N3O3. The summed E-state index contributed by atoms with van der Waals surface area (Å²) in [4.78, 5) is 18.5. The number of ether oxygens (including phenoxy) is 2. The standard InChI is InChI=1S/C21H21N3O3/c1-26-18-5-4-14-10-16(3-2-15(14)11-18)19-13-24(8-9-27-19)21(25)17-6-7-23-20(22)12-17/h2-7,10-12,19H,8-9,13H2,1H3,(H2,22,23)/t19-/m0/s1. The number of anilines is 1. The van der Waals surface area contributed by atoms with Crippen LogP contribution in [0.2, 0.25) is 0 Å². The Bertz CT molecular complexity index is 989. The lowest BCUT2D eigenvalue weighted by atomic mass is 10.0. The van der Waals surface area contributed by atoms with Crippen LogP contribution >= 0.6 is 0 Å². The lowest BCUT2D eigenvalue weighted by molar-refractivity contribution is -0.0227. The molecule has 6 heteroatoms. The zero-order valence-corrected chi connectivity index (χ0v) is 15.1. The minimum Gasteiger partial charge on any atom is -0.497 e. The summed E-state index contributed by atoms with van der Waals surface area (Å²) in [5, 5.41) is 2.22. The Kier molecular flexibility index (Phi) is 4.64. The van der Waals surface area contributed by atoms with Crippen molar-refractivity contribution in [1.82, 2.24) is 9.88 Å². The largest absolute Gasteiger partial charge is 0.497 e. The van der Waals surface area contributed by atoms with Crippen LogP contribution in [0.5, 0.6) is 5.75 Å². The van der Waals surface area contributed by atoms with Gasteiger partial charge in [-0.05, 0) is 46.7 Å². The van der Waals surface area contributed by atoms with Crippen LogP contribution in [0.15, 0.2) is 54.7 Å². The first-order valence-electron chi connectivity index (χ1n) is 8.84. The number of nitrogens with two attached hydrogens (primary N) is 1. The number of hydrogen-bond donors (Lipinski definition) is 1. The van der Waals surface area contributed by atoms with Crippen molar-refractivity contribution in [3.8, 4) is 5.75 Å². The SMILES string of the molecule is COc1ccc2cc([C@@H]3CN(C(=O)c4ccnc(N)c4)CCO3)ccc2c1. The molecule has 1 aromatic heterocycles. The van der Waals surface area contributed by atoms with Crippen LogP contribution in [-0.2, 0) is 4.74 Å². The number of methoxy groups -OCH3 is 1. The molecule has 0 unspecified atom stereocenters. The summed E-state index contributed by atoms with van der Waals surface area (Å²) in [5.41, 5.74) is 7.31. The monoisotopic (exact) mass is 363 g/mol. The molecule has 27 heavy (non-hydrogen) atoms. The van der Waals surface area contributed by atoms with Crippen LogP contribution in [-0.4, -0.2) is 42.6 Å². The van der Waals surface area contributed by atoms with E-state index >= 15 is 0 Å². The molecule has 2 aromatic carbocycles. The molecule has 1 atom stereocenters. The quantitative estimate of drug-likeness (QED) is 0.774. The van der Waals surface area contributed by atoms with E-state index in [0.29, 0.717) is 31.1 Å². The molecule has 1 saturated heterocycles. The second kappa shape index (κ2) is 7.25. The summed E-state index contributed by atoms with van der Waals surface area (Å²) in [6.07, 6.45) is 1.39. The molecule has 1 aliphatic heterocycles. The number of benzene rings is 2. The summed E-state index contributed by atoms with van der Waals surface area (Å²) >= 11 is 0. The maximum absolute atomic E-state index is 12.8. The van der Waals surface area contributed by atoms with Crippen LogP contribution in [0.1, 0.15) is 22.0 Å². The van der Waals surface area contributed by atoms with E-state index in [1.165, 1.54) is 0 Å². The summed E-state index contributed by atoms with van der Waals surface area (Å²) in [5.74, 6) is 1.12. The third-order valence-corrected chi connectivity index (χ3v) is 4.82. The maximum Gasteiger partial charge on any atom is 0.254 e. The Labute approximate surface area is 157 Å². The molecule has 0 saturated carbocycles. The Balaban J connectivity index is 1.55. The molecule has 4 rings (SSSR count). The normalized spacial score (nSPS) is 17.1. The smallest absolute Gasteiger partial charge is 0.254 e. The fourth-order valence-corrected chi connectivity index (χ4v) is 3.37. The third kappa shape index (κ3) is 3.57. The van der Waals surface area contributed by atoms with Gasteiger partial charge in [-0.1, -0.05) is 18.2 Å². The highest BCUT2D eigenvalue weighted by Gasteiger charge is 2.26. The zero-order chi connectivity index (χ0) is 18.8. The number of pyridine rings is 1. The van der Waals surface area contributed by atoms with Crippen molar-refractivity contribution in [3.05, 3.63) is 65.9 Å². The van der Waals surface area contributed by atoms with E-state index in [1.54, 1.807) is 30.3 Å². The number of amides is 1. The number of nitrogens with zero attached hydrogens (tertiary/aromatic N) is 2. The first-order chi connectivity index (χ1) is 13.1.